The number of esters is 1. The fraction of sp³-hybridized carbons (Fsp3) is 0.500. The summed E-state index contributed by atoms with van der Waals surface area (Å²) in [6.07, 6.45) is 8.13. The van der Waals surface area contributed by atoms with E-state index in [0.717, 1.165) is 5.56 Å². The van der Waals surface area contributed by atoms with Gasteiger partial charge >= 0.3 is 5.97 Å². The predicted molar refractivity (Wildman–Crippen MR) is 129 cm³/mol. The van der Waals surface area contributed by atoms with Crippen LogP contribution in [0.4, 0.5) is 0 Å². The third-order valence-electron chi connectivity index (χ3n) is 7.42. The molecular weight excluding hydrogens is 452 g/mol. The largest absolute Gasteiger partial charge is 0.461 e. The summed E-state index contributed by atoms with van der Waals surface area (Å²) in [6.45, 7) is 4.28. The van der Waals surface area contributed by atoms with E-state index in [9.17, 15) is 19.5 Å². The average molecular weight is 483 g/mol. The summed E-state index contributed by atoms with van der Waals surface area (Å²) in [5.74, 6) is -2.17. The highest BCUT2D eigenvalue weighted by atomic mass is 32.2. The number of cyclic esters (lactones) is 1. The van der Waals surface area contributed by atoms with Gasteiger partial charge in [0.15, 0.2) is 0 Å². The number of ether oxygens (including phenoxy) is 1. The predicted octanol–water partition coefficient (Wildman–Crippen LogP) is 1.81. The van der Waals surface area contributed by atoms with Crippen molar-refractivity contribution in [1.29, 1.82) is 0 Å². The number of benzene rings is 1. The van der Waals surface area contributed by atoms with Gasteiger partial charge in [0.05, 0.1) is 29.2 Å². The van der Waals surface area contributed by atoms with Gasteiger partial charge in [-0.05, 0) is 25.8 Å². The van der Waals surface area contributed by atoms with Gasteiger partial charge in [-0.25, -0.2) is 0 Å². The van der Waals surface area contributed by atoms with E-state index in [4.69, 9.17) is 4.74 Å². The highest BCUT2D eigenvalue weighted by Gasteiger charge is 2.71. The van der Waals surface area contributed by atoms with E-state index < -0.39 is 34.6 Å². The Kier molecular flexibility index (Phi) is 6.06. The normalized spacial score (nSPS) is 33.4. The summed E-state index contributed by atoms with van der Waals surface area (Å²) in [6, 6.07) is 8.22. The van der Waals surface area contributed by atoms with Gasteiger partial charge < -0.3 is 19.6 Å². The van der Waals surface area contributed by atoms with Crippen molar-refractivity contribution in [3.63, 3.8) is 0 Å². The summed E-state index contributed by atoms with van der Waals surface area (Å²) in [7, 11) is 0. The zero-order valence-electron chi connectivity index (χ0n) is 19.4. The molecule has 1 spiro atoms. The third kappa shape index (κ3) is 3.50. The molecule has 1 aromatic rings. The average Bonchev–Trinajstić information content (AvgIpc) is 3.12. The molecule has 4 aliphatic heterocycles. The Labute approximate surface area is 203 Å². The number of amides is 2. The van der Waals surface area contributed by atoms with Crippen molar-refractivity contribution in [2.45, 2.75) is 48.4 Å². The molecule has 4 heterocycles. The minimum absolute atomic E-state index is 0.0493. The van der Waals surface area contributed by atoms with Crippen molar-refractivity contribution >= 4 is 29.5 Å². The topological polar surface area (TPSA) is 87.2 Å². The molecule has 2 fully saturated rings. The zero-order valence-corrected chi connectivity index (χ0v) is 20.2. The SMILES string of the molecule is CC(C)N1CC=C[C@]23S[C@@H]4C=CCOC(=O)[C@@H]4[C@H]2C(=O)N([C@@H](CO)Cc2ccccc2)C3C1=O. The maximum atomic E-state index is 14.2. The van der Waals surface area contributed by atoms with E-state index in [1.807, 2.05) is 68.5 Å². The highest BCUT2D eigenvalue weighted by Crippen LogP contribution is 2.61. The molecule has 7 nitrogen and oxygen atoms in total. The number of aliphatic hydroxyl groups is 1. The summed E-state index contributed by atoms with van der Waals surface area (Å²) >= 11 is 1.52. The molecule has 1 aromatic carbocycles. The van der Waals surface area contributed by atoms with Crippen molar-refractivity contribution in [3.05, 3.63) is 60.2 Å². The van der Waals surface area contributed by atoms with Crippen molar-refractivity contribution < 1.29 is 24.2 Å². The lowest BCUT2D eigenvalue weighted by atomic mass is 9.78. The van der Waals surface area contributed by atoms with Crippen molar-refractivity contribution in [1.82, 2.24) is 9.80 Å². The van der Waals surface area contributed by atoms with Gasteiger partial charge in [-0.3, -0.25) is 14.4 Å². The van der Waals surface area contributed by atoms with Crippen LogP contribution in [0, 0.1) is 11.8 Å². The second-order valence-electron chi connectivity index (χ2n) is 9.66. The van der Waals surface area contributed by atoms with Crippen LogP contribution in [-0.4, -0.2) is 80.6 Å². The summed E-state index contributed by atoms with van der Waals surface area (Å²) < 4.78 is 4.52. The molecule has 34 heavy (non-hydrogen) atoms. The minimum atomic E-state index is -0.891. The standard InChI is InChI=1S/C26H30N2O5S/c1-16(2)27-12-7-11-26-21(20-19(34-26)10-6-13-33-25(20)32)23(30)28(22(26)24(27)31)18(15-29)14-17-8-4-3-5-9-17/h3-11,16,18-22,29H,12-15H2,1-2H3/t18-,19-,20+,21+,22?,26+/m1/s1. The van der Waals surface area contributed by atoms with E-state index in [1.54, 1.807) is 9.80 Å². The van der Waals surface area contributed by atoms with E-state index in [0.29, 0.717) is 13.0 Å². The molecule has 0 bridgehead atoms. The van der Waals surface area contributed by atoms with E-state index in [2.05, 4.69) is 0 Å². The fourth-order valence-corrected chi connectivity index (χ4v) is 7.91. The minimum Gasteiger partial charge on any atom is -0.461 e. The number of fused-ring (bicyclic) bond motifs is 2. The molecule has 8 heteroatoms. The van der Waals surface area contributed by atoms with Crippen LogP contribution in [0.2, 0.25) is 0 Å². The zero-order chi connectivity index (χ0) is 24.0. The van der Waals surface area contributed by atoms with Crippen LogP contribution >= 0.6 is 11.8 Å². The van der Waals surface area contributed by atoms with Gasteiger partial charge in [0.2, 0.25) is 11.8 Å². The number of aliphatic hydroxyl groups excluding tert-OH is 1. The number of hydrogen-bond donors (Lipinski definition) is 1. The maximum absolute atomic E-state index is 14.2. The molecule has 4 aliphatic rings. The maximum Gasteiger partial charge on any atom is 0.311 e. The Morgan fingerprint density at radius 1 is 1.15 bits per heavy atom. The molecule has 180 valence electrons. The molecule has 0 aromatic heterocycles. The first-order valence-electron chi connectivity index (χ1n) is 11.8. The first-order chi connectivity index (χ1) is 16.4. The van der Waals surface area contributed by atoms with Crippen molar-refractivity contribution in [2.24, 2.45) is 11.8 Å². The number of nitrogens with zero attached hydrogens (tertiary/aromatic N) is 2. The molecule has 0 aliphatic carbocycles. The molecule has 2 saturated heterocycles. The Balaban J connectivity index is 1.62. The Hall–Kier alpha value is -2.58. The second kappa shape index (κ2) is 8.89. The number of thioether (sulfide) groups is 1. The molecule has 0 radical (unpaired) electrons. The molecule has 1 N–H and O–H groups in total. The monoisotopic (exact) mass is 482 g/mol. The molecule has 0 saturated carbocycles. The lowest BCUT2D eigenvalue weighted by molar-refractivity contribution is -0.152. The fourth-order valence-electron chi connectivity index (χ4n) is 5.92. The van der Waals surface area contributed by atoms with Crippen molar-refractivity contribution in [2.75, 3.05) is 19.8 Å². The first kappa shape index (κ1) is 23.2. The smallest absolute Gasteiger partial charge is 0.311 e. The van der Waals surface area contributed by atoms with Crippen LogP contribution in [-0.2, 0) is 25.5 Å². The third-order valence-corrected chi connectivity index (χ3v) is 9.17. The first-order valence-corrected chi connectivity index (χ1v) is 12.7. The van der Waals surface area contributed by atoms with Gasteiger partial charge in [-0.1, -0.05) is 54.6 Å². The lowest BCUT2D eigenvalue weighted by Gasteiger charge is -2.39. The molecular formula is C26H30N2O5S. The number of hydrogen-bond acceptors (Lipinski definition) is 6. The lowest BCUT2D eigenvalue weighted by Crippen LogP contribution is -2.57. The Morgan fingerprint density at radius 3 is 2.62 bits per heavy atom. The number of likely N-dealkylation sites (tertiary alicyclic amines) is 1. The number of rotatable bonds is 5. The van der Waals surface area contributed by atoms with Crippen LogP contribution < -0.4 is 0 Å². The van der Waals surface area contributed by atoms with Crippen LogP contribution in [0.15, 0.2) is 54.6 Å². The quantitative estimate of drug-likeness (QED) is 0.509. The van der Waals surface area contributed by atoms with E-state index in [1.165, 1.54) is 11.8 Å². The van der Waals surface area contributed by atoms with E-state index >= 15 is 0 Å². The Morgan fingerprint density at radius 2 is 1.91 bits per heavy atom. The van der Waals surface area contributed by atoms with Crippen LogP contribution in [0.5, 0.6) is 0 Å². The molecule has 6 atom stereocenters. The molecule has 5 rings (SSSR count). The van der Waals surface area contributed by atoms with E-state index in [-0.39, 0.29) is 36.3 Å². The van der Waals surface area contributed by atoms with Gasteiger partial charge in [0.25, 0.3) is 0 Å². The van der Waals surface area contributed by atoms with Gasteiger partial charge in [-0.2, -0.15) is 0 Å². The number of carbonyl (C=O) groups is 3. The number of carbonyl (C=O) groups excluding carboxylic acids is 3. The van der Waals surface area contributed by atoms with Crippen LogP contribution in [0.1, 0.15) is 19.4 Å². The summed E-state index contributed by atoms with van der Waals surface area (Å²) in [5, 5.41) is 10.2. The van der Waals surface area contributed by atoms with Gasteiger partial charge in [0.1, 0.15) is 12.6 Å². The van der Waals surface area contributed by atoms with Crippen LogP contribution in [0.25, 0.3) is 0 Å². The molecule has 2 amide bonds. The van der Waals surface area contributed by atoms with Crippen LogP contribution in [0.3, 0.4) is 0 Å². The van der Waals surface area contributed by atoms with Crippen molar-refractivity contribution in [3.8, 4) is 0 Å². The second-order valence-corrected chi connectivity index (χ2v) is 11.1. The molecule has 1 unspecified atom stereocenters. The van der Waals surface area contributed by atoms with Gasteiger partial charge in [-0.15, -0.1) is 11.8 Å². The van der Waals surface area contributed by atoms with Gasteiger partial charge in [0, 0.05) is 17.8 Å². The highest BCUT2D eigenvalue weighted by molar-refractivity contribution is 8.02. The summed E-state index contributed by atoms with van der Waals surface area (Å²) in [4.78, 5) is 44.6. The Bertz CT molecular complexity index is 1040. The summed E-state index contributed by atoms with van der Waals surface area (Å²) in [5.41, 5.74) is 0.972.